The van der Waals surface area contributed by atoms with Crippen molar-refractivity contribution in [1.29, 1.82) is 0 Å². The molecule has 4 aliphatic rings. The van der Waals surface area contributed by atoms with Crippen LogP contribution in [0.1, 0.15) is 36.8 Å². The van der Waals surface area contributed by atoms with E-state index in [1.54, 1.807) is 49.6 Å². The van der Waals surface area contributed by atoms with Crippen molar-refractivity contribution in [2.45, 2.75) is 32.6 Å². The van der Waals surface area contributed by atoms with Crippen LogP contribution in [0.2, 0.25) is 5.02 Å². The first kappa shape index (κ1) is 37.2. The lowest BCUT2D eigenvalue weighted by atomic mass is 9.51. The number of nitrogens with one attached hydrogen (secondary N) is 1. The Bertz CT molecular complexity index is 2820. The number of halogens is 2. The highest BCUT2D eigenvalue weighted by Crippen LogP contribution is 2.64. The Balaban J connectivity index is 1.03. The number of hydrogen-bond donors (Lipinski definition) is 2. The van der Waals surface area contributed by atoms with E-state index in [4.69, 9.17) is 16.7 Å². The number of benzene rings is 4. The van der Waals surface area contributed by atoms with Crippen molar-refractivity contribution in [1.82, 2.24) is 9.78 Å². The number of imide groups is 2. The number of aryl methyl sites for hydroxylation is 2. The van der Waals surface area contributed by atoms with Crippen LogP contribution in [0, 0.1) is 41.8 Å². The van der Waals surface area contributed by atoms with Crippen LogP contribution in [-0.4, -0.2) is 38.5 Å². The highest BCUT2D eigenvalue weighted by Gasteiger charge is 2.68. The molecule has 0 bridgehead atoms. The van der Waals surface area contributed by atoms with Crippen molar-refractivity contribution >= 4 is 79.5 Å². The number of nitrogens with zero attached hydrogens (tertiary/aromatic N) is 4. The molecule has 0 radical (unpaired) electrons. The van der Waals surface area contributed by atoms with E-state index in [9.17, 15) is 19.5 Å². The number of phenols is 1. The number of thiophene rings is 1. The molecule has 2 N–H and O–H groups in total. The molecule has 13 heteroatoms. The van der Waals surface area contributed by atoms with E-state index in [0.29, 0.717) is 27.5 Å². The lowest BCUT2D eigenvalue weighted by Crippen LogP contribution is -2.49. The number of carbonyl (C=O) groups excluding carboxylic acids is 4. The van der Waals surface area contributed by atoms with E-state index in [2.05, 4.69) is 5.32 Å². The highest BCUT2D eigenvalue weighted by molar-refractivity contribution is 7.22. The minimum atomic E-state index is -1.41. The molecule has 6 aromatic rings. The van der Waals surface area contributed by atoms with Gasteiger partial charge in [0.2, 0.25) is 23.6 Å². The van der Waals surface area contributed by atoms with Crippen LogP contribution in [0.5, 0.6) is 5.75 Å². The number of carbonyl (C=O) groups is 4. The summed E-state index contributed by atoms with van der Waals surface area (Å²) in [5, 5.41) is 19.9. The van der Waals surface area contributed by atoms with E-state index in [0.717, 1.165) is 31.9 Å². The van der Waals surface area contributed by atoms with Gasteiger partial charge in [0.15, 0.2) is 11.6 Å². The Morgan fingerprint density at radius 3 is 2.37 bits per heavy atom. The van der Waals surface area contributed by atoms with Gasteiger partial charge in [0.25, 0.3) is 0 Å². The Morgan fingerprint density at radius 1 is 0.881 bits per heavy atom. The predicted octanol–water partition coefficient (Wildman–Crippen LogP) is 9.29. The van der Waals surface area contributed by atoms with Gasteiger partial charge in [-0.05, 0) is 116 Å². The standard InChI is InChI=1S/C46H37ClFN5O5S/c1-23-31-20-25(47)10-18-37(31)59-41(23)35-22-38(51(3)50-35)53-43(56)33-21-32-29(40(46(33,2)45(53)58)24-9-17-36(54)34(48)19-24)15-16-30-39(32)44(57)52(42(30)55)28-13-11-27(12-14-28)49-26-7-5-4-6-8-26/h4-15,17-20,22,30,32-33,39-40,49,54H,16,21H2,1-3H3/t30-,32+,33-,39-,40-,46+/m0/s1. The van der Waals surface area contributed by atoms with Gasteiger partial charge < -0.3 is 10.4 Å². The Hall–Kier alpha value is -6.11. The number of fused-ring (bicyclic) bond motifs is 5. The average molecular weight is 826 g/mol. The van der Waals surface area contributed by atoms with Crippen molar-refractivity contribution < 1.29 is 28.7 Å². The molecule has 4 amide bonds. The summed E-state index contributed by atoms with van der Waals surface area (Å²) in [6, 6.07) is 28.2. The molecule has 10 nitrogen and oxygen atoms in total. The molecule has 0 spiro atoms. The fraction of sp³-hybridized carbons (Fsp3) is 0.239. The second-order valence-electron chi connectivity index (χ2n) is 16.1. The first-order chi connectivity index (χ1) is 28.3. The number of phenolic OH excluding ortho intramolecular Hbond substituents is 1. The lowest BCUT2D eigenvalue weighted by molar-refractivity contribution is -0.131. The van der Waals surface area contributed by atoms with Gasteiger partial charge in [0.05, 0.1) is 33.7 Å². The van der Waals surface area contributed by atoms with Crippen LogP contribution in [0.4, 0.5) is 27.3 Å². The van der Waals surface area contributed by atoms with Crippen LogP contribution in [0.15, 0.2) is 109 Å². The van der Waals surface area contributed by atoms with Crippen LogP contribution in [0.25, 0.3) is 20.7 Å². The van der Waals surface area contributed by atoms with Crippen LogP contribution < -0.4 is 15.1 Å². The minimum absolute atomic E-state index is 0.134. The summed E-state index contributed by atoms with van der Waals surface area (Å²) in [4.78, 5) is 62.1. The zero-order valence-corrected chi connectivity index (χ0v) is 33.7. The maximum absolute atomic E-state index is 15.2. The summed E-state index contributed by atoms with van der Waals surface area (Å²) in [6.45, 7) is 3.73. The number of allylic oxidation sites excluding steroid dienone is 2. The quantitative estimate of drug-likeness (QED) is 0.127. The zero-order valence-electron chi connectivity index (χ0n) is 32.1. The number of anilines is 4. The molecule has 6 atom stereocenters. The third-order valence-electron chi connectivity index (χ3n) is 13.0. The second-order valence-corrected chi connectivity index (χ2v) is 17.6. The zero-order chi connectivity index (χ0) is 41.1. The summed E-state index contributed by atoms with van der Waals surface area (Å²) in [6.07, 6.45) is 2.29. The van der Waals surface area contributed by atoms with E-state index < -0.39 is 58.4 Å². The molecule has 1 saturated carbocycles. The topological polar surface area (TPSA) is 125 Å². The van der Waals surface area contributed by atoms with Crippen molar-refractivity contribution in [3.8, 4) is 16.3 Å². The number of aromatic nitrogens is 2. The Kier molecular flexibility index (Phi) is 8.49. The van der Waals surface area contributed by atoms with Crippen LogP contribution in [-0.2, 0) is 26.2 Å². The van der Waals surface area contributed by atoms with Gasteiger partial charge in [-0.2, -0.15) is 5.10 Å². The van der Waals surface area contributed by atoms with Gasteiger partial charge in [-0.3, -0.25) is 28.8 Å². The fourth-order valence-corrected chi connectivity index (χ4v) is 11.5. The predicted molar refractivity (Wildman–Crippen MR) is 225 cm³/mol. The molecule has 2 aromatic heterocycles. The SMILES string of the molecule is Cc1c(-c2cc(N3C(=O)[C@@H]4C[C@@H]5C(=CC[C@@H]6C(=O)N(c7ccc(Nc8ccccc8)cc7)C(=O)[C@@H]65)[C@H](c5ccc(O)c(F)c5)[C@]4(C)C3=O)n(C)n2)sc2ccc(Cl)cc12. The molecule has 2 aliphatic carbocycles. The fourth-order valence-electron chi connectivity index (χ4n) is 10.2. The number of hydrogen-bond acceptors (Lipinski definition) is 8. The van der Waals surface area contributed by atoms with Crippen molar-refractivity contribution in [3.63, 3.8) is 0 Å². The van der Waals surface area contributed by atoms with Crippen molar-refractivity contribution in [2.24, 2.45) is 36.1 Å². The normalized spacial score (nSPS) is 25.0. The van der Waals surface area contributed by atoms with E-state index in [1.165, 1.54) is 26.6 Å². The van der Waals surface area contributed by atoms with Gasteiger partial charge in [-0.25, -0.2) is 9.29 Å². The molecule has 2 aliphatic heterocycles. The van der Waals surface area contributed by atoms with Gasteiger partial charge >= 0.3 is 0 Å². The van der Waals surface area contributed by atoms with E-state index >= 15 is 9.18 Å². The molecular formula is C46H37ClFN5O5S. The minimum Gasteiger partial charge on any atom is -0.505 e. The summed E-state index contributed by atoms with van der Waals surface area (Å²) in [5.41, 5.74) is 3.39. The molecule has 296 valence electrons. The van der Waals surface area contributed by atoms with Crippen molar-refractivity contribution in [2.75, 3.05) is 15.1 Å². The third kappa shape index (κ3) is 5.53. The van der Waals surface area contributed by atoms with E-state index in [1.807, 2.05) is 73.7 Å². The van der Waals surface area contributed by atoms with E-state index in [-0.39, 0.29) is 30.5 Å². The first-order valence-electron chi connectivity index (χ1n) is 19.4. The van der Waals surface area contributed by atoms with Gasteiger partial charge in [-0.1, -0.05) is 47.5 Å². The smallest absolute Gasteiger partial charge is 0.242 e. The summed E-state index contributed by atoms with van der Waals surface area (Å²) >= 11 is 7.86. The average Bonchev–Trinajstić information content (AvgIpc) is 3.90. The lowest BCUT2D eigenvalue weighted by Gasteiger charge is -2.49. The Morgan fingerprint density at radius 2 is 1.63 bits per heavy atom. The third-order valence-corrected chi connectivity index (χ3v) is 14.5. The van der Waals surface area contributed by atoms with Crippen LogP contribution in [0.3, 0.4) is 0 Å². The number of rotatable bonds is 6. The van der Waals surface area contributed by atoms with Crippen molar-refractivity contribution in [3.05, 3.63) is 131 Å². The molecular weight excluding hydrogens is 789 g/mol. The number of aromatic hydroxyl groups is 1. The molecule has 4 heterocycles. The summed E-state index contributed by atoms with van der Waals surface area (Å²) < 4.78 is 17.8. The largest absolute Gasteiger partial charge is 0.505 e. The molecule has 4 aromatic carbocycles. The first-order valence-corrected chi connectivity index (χ1v) is 20.6. The van der Waals surface area contributed by atoms with Gasteiger partial charge in [-0.15, -0.1) is 11.3 Å². The molecule has 10 rings (SSSR count). The molecule has 0 unspecified atom stereocenters. The summed E-state index contributed by atoms with van der Waals surface area (Å²) in [5.74, 6) is -6.59. The van der Waals surface area contributed by atoms with Gasteiger partial charge in [0.1, 0.15) is 11.5 Å². The highest BCUT2D eigenvalue weighted by atomic mass is 35.5. The summed E-state index contributed by atoms with van der Waals surface area (Å²) in [7, 11) is 1.69. The number of para-hydroxylation sites is 1. The number of amides is 4. The monoisotopic (exact) mass is 825 g/mol. The van der Waals surface area contributed by atoms with Gasteiger partial charge in [0, 0.05) is 40.1 Å². The molecule has 2 saturated heterocycles. The molecule has 3 fully saturated rings. The second kappa shape index (κ2) is 13.5. The molecule has 59 heavy (non-hydrogen) atoms. The maximum atomic E-state index is 15.2. The Labute approximate surface area is 347 Å². The van der Waals surface area contributed by atoms with Crippen LogP contribution >= 0.6 is 22.9 Å². The maximum Gasteiger partial charge on any atom is 0.242 e.